The lowest BCUT2D eigenvalue weighted by Gasteiger charge is -2.55. The fraction of sp³-hybridized carbons (Fsp3) is 0.765. The van der Waals surface area contributed by atoms with Crippen LogP contribution < -0.4 is 10.6 Å². The number of hydrogen-bond acceptors (Lipinski definition) is 3. The molecule has 2 unspecified atom stereocenters. The Kier molecular flexibility index (Phi) is 6.45. The van der Waals surface area contributed by atoms with Crippen molar-refractivity contribution >= 4 is 5.96 Å². The van der Waals surface area contributed by atoms with Crippen molar-refractivity contribution in [2.75, 3.05) is 20.2 Å². The zero-order chi connectivity index (χ0) is 16.7. The third-order valence-electron chi connectivity index (χ3n) is 5.20. The van der Waals surface area contributed by atoms with Crippen molar-refractivity contribution in [1.29, 1.82) is 0 Å². The Morgan fingerprint density at radius 1 is 1.39 bits per heavy atom. The maximum Gasteiger partial charge on any atom is 0.191 e. The van der Waals surface area contributed by atoms with E-state index < -0.39 is 0 Å². The van der Waals surface area contributed by atoms with Crippen molar-refractivity contribution < 1.29 is 4.74 Å². The van der Waals surface area contributed by atoms with E-state index in [1.54, 1.807) is 6.20 Å². The highest BCUT2D eigenvalue weighted by atomic mass is 16.5. The van der Waals surface area contributed by atoms with Crippen LogP contribution in [0.4, 0.5) is 0 Å². The van der Waals surface area contributed by atoms with Crippen molar-refractivity contribution in [2.45, 2.75) is 58.7 Å². The summed E-state index contributed by atoms with van der Waals surface area (Å²) in [4.78, 5) is 4.36. The minimum atomic E-state index is 0.218. The summed E-state index contributed by atoms with van der Waals surface area (Å²) < 4.78 is 7.85. The van der Waals surface area contributed by atoms with Crippen LogP contribution in [0.1, 0.15) is 40.0 Å². The number of aliphatic imine (C=N–C) groups is 1. The van der Waals surface area contributed by atoms with Crippen LogP contribution in [0.5, 0.6) is 0 Å². The summed E-state index contributed by atoms with van der Waals surface area (Å²) >= 11 is 0. The van der Waals surface area contributed by atoms with E-state index in [1.807, 2.05) is 24.0 Å². The van der Waals surface area contributed by atoms with Crippen LogP contribution in [-0.2, 0) is 11.3 Å². The van der Waals surface area contributed by atoms with E-state index in [4.69, 9.17) is 4.74 Å². The largest absolute Gasteiger partial charge is 0.378 e. The van der Waals surface area contributed by atoms with Crippen molar-refractivity contribution in [1.82, 2.24) is 20.4 Å². The average molecular weight is 321 g/mol. The molecule has 1 aromatic heterocycles. The molecule has 1 aliphatic rings. The van der Waals surface area contributed by atoms with Crippen LogP contribution in [-0.4, -0.2) is 48.1 Å². The van der Waals surface area contributed by atoms with Crippen LogP contribution in [0.15, 0.2) is 23.5 Å². The molecule has 0 spiro atoms. The van der Waals surface area contributed by atoms with E-state index in [-0.39, 0.29) is 5.41 Å². The summed E-state index contributed by atoms with van der Waals surface area (Å²) in [5.41, 5.74) is 0.218. The van der Waals surface area contributed by atoms with Gasteiger partial charge < -0.3 is 15.4 Å². The van der Waals surface area contributed by atoms with Gasteiger partial charge in [0.25, 0.3) is 0 Å². The molecular formula is C17H31N5O. The highest BCUT2D eigenvalue weighted by Gasteiger charge is 2.53. The van der Waals surface area contributed by atoms with E-state index in [1.165, 1.54) is 0 Å². The van der Waals surface area contributed by atoms with Gasteiger partial charge in [-0.15, -0.1) is 0 Å². The first-order chi connectivity index (χ1) is 11.2. The molecule has 0 aromatic carbocycles. The fourth-order valence-corrected chi connectivity index (χ4v) is 3.66. The average Bonchev–Trinajstić information content (AvgIpc) is 3.07. The van der Waals surface area contributed by atoms with Crippen molar-refractivity contribution in [2.24, 2.45) is 10.4 Å². The van der Waals surface area contributed by atoms with E-state index in [2.05, 4.69) is 41.5 Å². The number of ether oxygens (including phenoxy) is 1. The van der Waals surface area contributed by atoms with Gasteiger partial charge in [-0.2, -0.15) is 5.10 Å². The number of aromatic nitrogens is 2. The smallest absolute Gasteiger partial charge is 0.191 e. The third kappa shape index (κ3) is 3.86. The first-order valence-corrected chi connectivity index (χ1v) is 8.76. The molecule has 0 aliphatic heterocycles. The van der Waals surface area contributed by atoms with E-state index >= 15 is 0 Å². The van der Waals surface area contributed by atoms with Crippen LogP contribution in [0, 0.1) is 5.41 Å². The monoisotopic (exact) mass is 321 g/mol. The summed E-state index contributed by atoms with van der Waals surface area (Å²) in [6.45, 7) is 9.01. The number of rotatable bonds is 8. The lowest BCUT2D eigenvalue weighted by molar-refractivity contribution is -0.133. The van der Waals surface area contributed by atoms with Crippen LogP contribution in [0.2, 0.25) is 0 Å². The molecule has 0 amide bonds. The second kappa shape index (κ2) is 8.34. The Morgan fingerprint density at radius 3 is 2.74 bits per heavy atom. The molecule has 1 fully saturated rings. The second-order valence-electron chi connectivity index (χ2n) is 6.09. The van der Waals surface area contributed by atoms with Crippen LogP contribution in [0.3, 0.4) is 0 Å². The minimum absolute atomic E-state index is 0.218. The number of nitrogens with zero attached hydrogens (tertiary/aromatic N) is 3. The fourth-order valence-electron chi connectivity index (χ4n) is 3.66. The van der Waals surface area contributed by atoms with Crippen molar-refractivity contribution in [3.8, 4) is 0 Å². The lowest BCUT2D eigenvalue weighted by atomic mass is 9.58. The zero-order valence-electron chi connectivity index (χ0n) is 14.9. The first-order valence-electron chi connectivity index (χ1n) is 8.76. The molecule has 1 heterocycles. The quantitative estimate of drug-likeness (QED) is 0.568. The van der Waals surface area contributed by atoms with Gasteiger partial charge in [0.1, 0.15) is 0 Å². The summed E-state index contributed by atoms with van der Waals surface area (Å²) in [6.07, 6.45) is 7.42. The molecule has 130 valence electrons. The zero-order valence-corrected chi connectivity index (χ0v) is 14.9. The molecule has 23 heavy (non-hydrogen) atoms. The van der Waals surface area contributed by atoms with Gasteiger partial charge in [0, 0.05) is 44.0 Å². The summed E-state index contributed by atoms with van der Waals surface area (Å²) in [7, 11) is 1.82. The van der Waals surface area contributed by atoms with Gasteiger partial charge >= 0.3 is 0 Å². The topological polar surface area (TPSA) is 63.5 Å². The summed E-state index contributed by atoms with van der Waals surface area (Å²) in [6, 6.07) is 2.36. The molecular weight excluding hydrogens is 290 g/mol. The molecule has 1 aliphatic carbocycles. The highest BCUT2D eigenvalue weighted by molar-refractivity contribution is 5.80. The molecule has 2 rings (SSSR count). The van der Waals surface area contributed by atoms with Gasteiger partial charge in [0.15, 0.2) is 5.96 Å². The van der Waals surface area contributed by atoms with Crippen molar-refractivity contribution in [3.63, 3.8) is 0 Å². The highest BCUT2D eigenvalue weighted by Crippen LogP contribution is 2.48. The third-order valence-corrected chi connectivity index (χ3v) is 5.20. The Labute approximate surface area is 139 Å². The predicted molar refractivity (Wildman–Crippen MR) is 93.6 cm³/mol. The molecule has 0 bridgehead atoms. The van der Waals surface area contributed by atoms with Crippen LogP contribution in [0.25, 0.3) is 0 Å². The molecule has 1 aromatic rings. The van der Waals surface area contributed by atoms with E-state index in [9.17, 15) is 0 Å². The van der Waals surface area contributed by atoms with Crippen molar-refractivity contribution in [3.05, 3.63) is 18.5 Å². The lowest BCUT2D eigenvalue weighted by Crippen LogP contribution is -2.65. The van der Waals surface area contributed by atoms with E-state index in [0.717, 1.165) is 44.9 Å². The standard InChI is InChI=1S/C17H31N5O/c1-5-17(6-2)14(13-15(17)23-7-3)21-16(18-4)19-10-12-22-11-8-9-20-22/h8-9,11,14-15H,5-7,10,12-13H2,1-4H3,(H2,18,19,21). The molecule has 0 radical (unpaired) electrons. The number of guanidine groups is 1. The Bertz CT molecular complexity index is 481. The predicted octanol–water partition coefficient (Wildman–Crippen LogP) is 2.03. The molecule has 2 N–H and O–H groups in total. The van der Waals surface area contributed by atoms with Gasteiger partial charge in [-0.25, -0.2) is 0 Å². The maximum absolute atomic E-state index is 5.94. The normalized spacial score (nSPS) is 23.4. The van der Waals surface area contributed by atoms with Gasteiger partial charge in [-0.1, -0.05) is 13.8 Å². The summed E-state index contributed by atoms with van der Waals surface area (Å²) in [5.74, 6) is 0.864. The van der Waals surface area contributed by atoms with Gasteiger partial charge in [0.2, 0.25) is 0 Å². The second-order valence-corrected chi connectivity index (χ2v) is 6.09. The molecule has 2 atom stereocenters. The van der Waals surface area contributed by atoms with Crippen LogP contribution >= 0.6 is 0 Å². The van der Waals surface area contributed by atoms with Gasteiger partial charge in [-0.3, -0.25) is 9.67 Å². The molecule has 1 saturated carbocycles. The first kappa shape index (κ1) is 17.8. The Hall–Kier alpha value is -1.56. The minimum Gasteiger partial charge on any atom is -0.378 e. The number of nitrogens with one attached hydrogen (secondary N) is 2. The molecule has 0 saturated heterocycles. The molecule has 6 nitrogen and oxygen atoms in total. The summed E-state index contributed by atoms with van der Waals surface area (Å²) in [5, 5.41) is 11.2. The van der Waals surface area contributed by atoms with Gasteiger partial charge in [-0.05, 0) is 32.3 Å². The van der Waals surface area contributed by atoms with Gasteiger partial charge in [0.05, 0.1) is 12.6 Å². The van der Waals surface area contributed by atoms with E-state index in [0.29, 0.717) is 12.1 Å². The Balaban J connectivity index is 1.86. The number of hydrogen-bond donors (Lipinski definition) is 2. The molecule has 6 heteroatoms. The maximum atomic E-state index is 5.94. The Morgan fingerprint density at radius 2 is 2.17 bits per heavy atom. The SMILES string of the molecule is CCOC1CC(NC(=NC)NCCn2cccn2)C1(CC)CC.